The van der Waals surface area contributed by atoms with Gasteiger partial charge >= 0.3 is 0 Å². The molecular weight excluding hydrogens is 336 g/mol. The van der Waals surface area contributed by atoms with Gasteiger partial charge in [0.2, 0.25) is 0 Å². The van der Waals surface area contributed by atoms with Crippen LogP contribution in [0, 0.1) is 0 Å². The summed E-state index contributed by atoms with van der Waals surface area (Å²) in [4.78, 5) is 23.4. The number of carbonyl (C=O) groups is 1. The average Bonchev–Trinajstić information content (AvgIpc) is 2.68. The number of hydrogen-bond donors (Lipinski definition) is 4. The second-order valence-electron chi connectivity index (χ2n) is 5.73. The molecule has 0 aliphatic carbocycles. The number of ether oxygens (including phenoxy) is 1. The number of amides is 1. The summed E-state index contributed by atoms with van der Waals surface area (Å²) < 4.78 is 5.39. The van der Waals surface area contributed by atoms with E-state index in [4.69, 9.17) is 16.4 Å². The fourth-order valence-corrected chi connectivity index (χ4v) is 2.78. The van der Waals surface area contributed by atoms with Crippen LogP contribution >= 0.6 is 0 Å². The van der Waals surface area contributed by atoms with Gasteiger partial charge in [-0.25, -0.2) is 4.98 Å². The molecule has 2 heterocycles. The second-order valence-corrected chi connectivity index (χ2v) is 5.73. The molecule has 1 saturated heterocycles. The standard InChI is InChI=1S/C17H22N6O3/c1-20-13-10-14(23-6-8-25-9-7-23)22-17(15(13)16(18)24)21-11-2-4-12(26-19)5-3-11/h2-5,10H,6-9,19H2,1H3,(H2,18,24)(H2,20,21,22). The SMILES string of the molecule is CNc1cc(N2CCOCC2)nc(Nc2ccc(ON)cc2)c1C(N)=O. The van der Waals surface area contributed by atoms with Crippen molar-refractivity contribution in [2.75, 3.05) is 48.9 Å². The molecule has 1 amide bonds. The van der Waals surface area contributed by atoms with Crippen molar-refractivity contribution in [2.24, 2.45) is 11.6 Å². The number of aromatic nitrogens is 1. The van der Waals surface area contributed by atoms with E-state index in [0.717, 1.165) is 24.6 Å². The Kier molecular flexibility index (Phi) is 5.40. The van der Waals surface area contributed by atoms with Crippen molar-refractivity contribution in [3.63, 3.8) is 0 Å². The lowest BCUT2D eigenvalue weighted by Crippen LogP contribution is -2.37. The van der Waals surface area contributed by atoms with Crippen molar-refractivity contribution in [3.8, 4) is 5.75 Å². The van der Waals surface area contributed by atoms with Gasteiger partial charge in [0.25, 0.3) is 5.91 Å². The summed E-state index contributed by atoms with van der Waals surface area (Å²) in [6, 6.07) is 8.78. The van der Waals surface area contributed by atoms with Crippen LogP contribution in [-0.4, -0.2) is 44.2 Å². The first-order valence-electron chi connectivity index (χ1n) is 8.21. The molecule has 0 radical (unpaired) electrons. The molecule has 1 aromatic carbocycles. The number of benzene rings is 1. The van der Waals surface area contributed by atoms with Crippen LogP contribution < -0.4 is 32.0 Å². The monoisotopic (exact) mass is 358 g/mol. The number of nitrogens with two attached hydrogens (primary N) is 2. The van der Waals surface area contributed by atoms with Crippen molar-refractivity contribution in [2.45, 2.75) is 0 Å². The van der Waals surface area contributed by atoms with Gasteiger partial charge < -0.3 is 30.8 Å². The quantitative estimate of drug-likeness (QED) is 0.564. The van der Waals surface area contributed by atoms with Crippen molar-refractivity contribution >= 4 is 28.9 Å². The maximum atomic E-state index is 12.0. The maximum absolute atomic E-state index is 12.0. The Bertz CT molecular complexity index is 775. The van der Waals surface area contributed by atoms with Crippen LogP contribution in [0.1, 0.15) is 10.4 Å². The normalized spacial score (nSPS) is 14.0. The molecule has 9 heteroatoms. The highest BCUT2D eigenvalue weighted by molar-refractivity contribution is 6.04. The third-order valence-corrected chi connectivity index (χ3v) is 4.11. The number of primary amides is 1. The number of carbonyl (C=O) groups excluding carboxylic acids is 1. The number of anilines is 4. The Labute approximate surface area is 151 Å². The van der Waals surface area contributed by atoms with Gasteiger partial charge in [-0.1, -0.05) is 0 Å². The lowest BCUT2D eigenvalue weighted by atomic mass is 10.1. The van der Waals surface area contributed by atoms with Gasteiger partial charge in [-0.2, -0.15) is 5.90 Å². The van der Waals surface area contributed by atoms with E-state index in [1.165, 1.54) is 0 Å². The zero-order chi connectivity index (χ0) is 18.5. The minimum absolute atomic E-state index is 0.295. The van der Waals surface area contributed by atoms with Crippen LogP contribution in [0.2, 0.25) is 0 Å². The minimum atomic E-state index is -0.570. The molecule has 138 valence electrons. The Balaban J connectivity index is 1.99. The van der Waals surface area contributed by atoms with Crippen LogP contribution in [-0.2, 0) is 4.74 Å². The third kappa shape index (κ3) is 3.79. The minimum Gasteiger partial charge on any atom is -0.412 e. The summed E-state index contributed by atoms with van der Waals surface area (Å²) in [6.07, 6.45) is 0. The Hall–Kier alpha value is -3.04. The summed E-state index contributed by atoms with van der Waals surface area (Å²) in [5.74, 6) is 6.22. The van der Waals surface area contributed by atoms with Crippen LogP contribution in [0.3, 0.4) is 0 Å². The molecule has 0 saturated carbocycles. The predicted molar refractivity (Wildman–Crippen MR) is 99.9 cm³/mol. The molecule has 1 fully saturated rings. The van der Waals surface area contributed by atoms with Crippen molar-refractivity contribution in [3.05, 3.63) is 35.9 Å². The van der Waals surface area contributed by atoms with E-state index in [1.807, 2.05) is 6.07 Å². The van der Waals surface area contributed by atoms with Crippen molar-refractivity contribution in [1.82, 2.24) is 4.98 Å². The van der Waals surface area contributed by atoms with E-state index < -0.39 is 5.91 Å². The van der Waals surface area contributed by atoms with Crippen LogP contribution in [0.4, 0.5) is 23.0 Å². The number of morpholine rings is 1. The highest BCUT2D eigenvalue weighted by Gasteiger charge is 2.21. The molecular formula is C17H22N6O3. The van der Waals surface area contributed by atoms with Gasteiger partial charge in [-0.15, -0.1) is 0 Å². The average molecular weight is 358 g/mol. The highest BCUT2D eigenvalue weighted by atomic mass is 16.6. The number of hydrogen-bond acceptors (Lipinski definition) is 8. The van der Waals surface area contributed by atoms with Gasteiger partial charge in [-0.05, 0) is 24.3 Å². The fraction of sp³-hybridized carbons (Fsp3) is 0.294. The lowest BCUT2D eigenvalue weighted by Gasteiger charge is -2.29. The lowest BCUT2D eigenvalue weighted by molar-refractivity contribution is 0.100. The highest BCUT2D eigenvalue weighted by Crippen LogP contribution is 2.30. The van der Waals surface area contributed by atoms with Crippen LogP contribution in [0.15, 0.2) is 30.3 Å². The van der Waals surface area contributed by atoms with Gasteiger partial charge in [0.05, 0.1) is 18.9 Å². The smallest absolute Gasteiger partial charge is 0.254 e. The van der Waals surface area contributed by atoms with Gasteiger partial charge in [0.1, 0.15) is 22.9 Å². The molecule has 6 N–H and O–H groups in total. The summed E-state index contributed by atoms with van der Waals surface area (Å²) in [5, 5.41) is 6.18. The van der Waals surface area contributed by atoms with Gasteiger partial charge in [-0.3, -0.25) is 4.79 Å². The summed E-state index contributed by atoms with van der Waals surface area (Å²) in [7, 11) is 1.74. The molecule has 2 aromatic rings. The van der Waals surface area contributed by atoms with Crippen molar-refractivity contribution < 1.29 is 14.4 Å². The van der Waals surface area contributed by atoms with E-state index in [2.05, 4.69) is 25.4 Å². The first-order chi connectivity index (χ1) is 12.6. The maximum Gasteiger partial charge on any atom is 0.254 e. The number of pyridine rings is 1. The van der Waals surface area contributed by atoms with Crippen LogP contribution in [0.25, 0.3) is 0 Å². The molecule has 1 aliphatic rings. The van der Waals surface area contributed by atoms with Gasteiger partial charge in [0.15, 0.2) is 0 Å². The summed E-state index contributed by atoms with van der Waals surface area (Å²) in [5.41, 5.74) is 7.22. The predicted octanol–water partition coefficient (Wildman–Crippen LogP) is 1.05. The summed E-state index contributed by atoms with van der Waals surface area (Å²) >= 11 is 0. The third-order valence-electron chi connectivity index (χ3n) is 4.11. The number of rotatable bonds is 6. The molecule has 0 bridgehead atoms. The van der Waals surface area contributed by atoms with Crippen LogP contribution in [0.5, 0.6) is 5.75 Å². The largest absolute Gasteiger partial charge is 0.412 e. The molecule has 0 unspecified atom stereocenters. The Morgan fingerprint density at radius 2 is 1.96 bits per heavy atom. The van der Waals surface area contributed by atoms with E-state index >= 15 is 0 Å². The number of nitrogens with one attached hydrogen (secondary N) is 2. The number of nitrogens with zero attached hydrogens (tertiary/aromatic N) is 2. The molecule has 1 aromatic heterocycles. The first-order valence-corrected chi connectivity index (χ1v) is 8.21. The molecule has 0 atom stereocenters. The Morgan fingerprint density at radius 1 is 1.27 bits per heavy atom. The molecule has 1 aliphatic heterocycles. The molecule has 3 rings (SSSR count). The molecule has 0 spiro atoms. The summed E-state index contributed by atoms with van der Waals surface area (Å²) in [6.45, 7) is 2.73. The first kappa shape index (κ1) is 17.8. The zero-order valence-electron chi connectivity index (χ0n) is 14.5. The topological polar surface area (TPSA) is 128 Å². The zero-order valence-corrected chi connectivity index (χ0v) is 14.5. The molecule has 9 nitrogen and oxygen atoms in total. The van der Waals surface area contributed by atoms with Gasteiger partial charge in [0, 0.05) is 31.9 Å². The fourth-order valence-electron chi connectivity index (χ4n) is 2.78. The van der Waals surface area contributed by atoms with E-state index in [-0.39, 0.29) is 0 Å². The van der Waals surface area contributed by atoms with E-state index in [0.29, 0.717) is 36.0 Å². The second kappa shape index (κ2) is 7.89. The molecule has 26 heavy (non-hydrogen) atoms. The van der Waals surface area contributed by atoms with Crippen molar-refractivity contribution in [1.29, 1.82) is 0 Å². The van der Waals surface area contributed by atoms with E-state index in [1.54, 1.807) is 31.3 Å². The van der Waals surface area contributed by atoms with E-state index in [9.17, 15) is 4.79 Å². The Morgan fingerprint density at radius 3 is 2.54 bits per heavy atom.